The summed E-state index contributed by atoms with van der Waals surface area (Å²) >= 11 is 0. The zero-order chi connectivity index (χ0) is 17.3. The number of hydrogen-bond acceptors (Lipinski definition) is 10. The quantitative estimate of drug-likeness (QED) is 0.736. The van der Waals surface area contributed by atoms with Gasteiger partial charge in [-0.1, -0.05) is 5.21 Å². The molecular formula is C13H19N7O4. The van der Waals surface area contributed by atoms with Crippen LogP contribution in [0.3, 0.4) is 0 Å². The highest BCUT2D eigenvalue weighted by atomic mass is 16.6. The van der Waals surface area contributed by atoms with Crippen molar-refractivity contribution in [2.45, 2.75) is 32.6 Å². The number of hydrogen-bond donors (Lipinski definition) is 1. The highest BCUT2D eigenvalue weighted by molar-refractivity contribution is 5.88. The number of carbonyl (C=O) groups is 1. The van der Waals surface area contributed by atoms with E-state index in [1.54, 1.807) is 0 Å². The Kier molecular flexibility index (Phi) is 4.44. The molecule has 3 rings (SSSR count). The molecule has 2 aromatic heterocycles. The Morgan fingerprint density at radius 3 is 2.62 bits per heavy atom. The average molecular weight is 337 g/mol. The number of anilines is 1. The van der Waals surface area contributed by atoms with Crippen molar-refractivity contribution in [3.05, 3.63) is 11.4 Å². The number of aromatic nitrogens is 5. The van der Waals surface area contributed by atoms with Crippen LogP contribution in [0.25, 0.3) is 5.82 Å². The van der Waals surface area contributed by atoms with Crippen molar-refractivity contribution in [2.24, 2.45) is 0 Å². The lowest BCUT2D eigenvalue weighted by atomic mass is 10.2. The highest BCUT2D eigenvalue weighted by Crippen LogP contribution is 2.20. The predicted octanol–water partition coefficient (Wildman–Crippen LogP) is -0.372. The van der Waals surface area contributed by atoms with E-state index in [-0.39, 0.29) is 29.5 Å². The summed E-state index contributed by atoms with van der Waals surface area (Å²) < 4.78 is 16.5. The molecule has 0 unspecified atom stereocenters. The molecule has 0 amide bonds. The van der Waals surface area contributed by atoms with Crippen LogP contribution in [0, 0.1) is 0 Å². The van der Waals surface area contributed by atoms with Crippen LogP contribution in [-0.2, 0) is 16.0 Å². The normalized spacial score (nSPS) is 21.8. The third-order valence-electron chi connectivity index (χ3n) is 3.71. The lowest BCUT2D eigenvalue weighted by Crippen LogP contribution is -2.45. The summed E-state index contributed by atoms with van der Waals surface area (Å²) in [5.74, 6) is -0.344. The van der Waals surface area contributed by atoms with E-state index in [2.05, 4.69) is 30.2 Å². The van der Waals surface area contributed by atoms with Gasteiger partial charge in [-0.2, -0.15) is 4.68 Å². The molecule has 0 saturated carbocycles. The van der Waals surface area contributed by atoms with Crippen molar-refractivity contribution in [1.82, 2.24) is 30.2 Å². The van der Waals surface area contributed by atoms with Gasteiger partial charge in [0, 0.05) is 19.6 Å². The first kappa shape index (κ1) is 16.3. The predicted molar refractivity (Wildman–Crippen MR) is 80.3 cm³/mol. The van der Waals surface area contributed by atoms with Crippen LogP contribution in [0.2, 0.25) is 0 Å². The zero-order valence-corrected chi connectivity index (χ0v) is 13.7. The minimum atomic E-state index is -0.583. The third-order valence-corrected chi connectivity index (χ3v) is 3.71. The Hall–Kier alpha value is -2.53. The second kappa shape index (κ2) is 6.53. The molecule has 0 aromatic carbocycles. The molecule has 24 heavy (non-hydrogen) atoms. The summed E-state index contributed by atoms with van der Waals surface area (Å²) in [4.78, 5) is 14.1. The Morgan fingerprint density at radius 2 is 2.04 bits per heavy atom. The van der Waals surface area contributed by atoms with Gasteiger partial charge >= 0.3 is 5.97 Å². The lowest BCUT2D eigenvalue weighted by molar-refractivity contribution is -0.0709. The van der Waals surface area contributed by atoms with E-state index in [4.69, 9.17) is 15.2 Å². The van der Waals surface area contributed by atoms with Gasteiger partial charge in [-0.3, -0.25) is 4.90 Å². The zero-order valence-electron chi connectivity index (χ0n) is 13.7. The molecule has 1 saturated heterocycles. The van der Waals surface area contributed by atoms with Gasteiger partial charge in [-0.05, 0) is 24.2 Å². The van der Waals surface area contributed by atoms with Crippen molar-refractivity contribution >= 4 is 11.8 Å². The molecule has 1 aliphatic heterocycles. The van der Waals surface area contributed by atoms with Gasteiger partial charge in [0.05, 0.1) is 25.0 Å². The number of morpholine rings is 1. The van der Waals surface area contributed by atoms with Gasteiger partial charge < -0.3 is 15.2 Å². The van der Waals surface area contributed by atoms with E-state index >= 15 is 0 Å². The summed E-state index contributed by atoms with van der Waals surface area (Å²) in [5, 5.41) is 15.1. The maximum Gasteiger partial charge on any atom is 0.360 e. The van der Waals surface area contributed by atoms with Crippen LogP contribution in [0.15, 0.2) is 4.63 Å². The molecule has 11 nitrogen and oxygen atoms in total. The maximum atomic E-state index is 12.0. The molecule has 2 aromatic rings. The number of nitrogens with zero attached hydrogens (tertiary/aromatic N) is 6. The van der Waals surface area contributed by atoms with Gasteiger partial charge in [0.2, 0.25) is 11.6 Å². The fourth-order valence-electron chi connectivity index (χ4n) is 2.83. The van der Waals surface area contributed by atoms with E-state index in [0.717, 1.165) is 0 Å². The van der Waals surface area contributed by atoms with Crippen molar-refractivity contribution in [3.8, 4) is 5.82 Å². The highest BCUT2D eigenvalue weighted by Gasteiger charge is 2.29. The average Bonchev–Trinajstić information content (AvgIpc) is 3.11. The standard InChI is InChI=1S/C13H19N7O4/c1-7-4-19(5-8(2)23-7)6-9-10(13(21)22-3)15-18-20(9)12-11(14)16-24-17-12/h7-8H,4-6H2,1-3H3,(H2,14,16)/t7-,8+. The molecule has 0 spiro atoms. The van der Waals surface area contributed by atoms with Gasteiger partial charge in [-0.15, -0.1) is 5.10 Å². The Balaban J connectivity index is 1.96. The Bertz CT molecular complexity index is 718. The molecule has 11 heteroatoms. The van der Waals surface area contributed by atoms with E-state index < -0.39 is 5.97 Å². The second-order valence-electron chi connectivity index (χ2n) is 5.71. The van der Waals surface area contributed by atoms with Crippen LogP contribution >= 0.6 is 0 Å². The van der Waals surface area contributed by atoms with E-state index in [1.807, 2.05) is 13.8 Å². The summed E-state index contributed by atoms with van der Waals surface area (Å²) in [6.45, 7) is 5.82. The topological polar surface area (TPSA) is 134 Å². The van der Waals surface area contributed by atoms with Gasteiger partial charge in [-0.25, -0.2) is 9.42 Å². The molecular weight excluding hydrogens is 318 g/mol. The van der Waals surface area contributed by atoms with Crippen molar-refractivity contribution in [1.29, 1.82) is 0 Å². The summed E-state index contributed by atoms with van der Waals surface area (Å²) in [5.41, 5.74) is 6.34. The summed E-state index contributed by atoms with van der Waals surface area (Å²) in [6.07, 6.45) is 0.164. The van der Waals surface area contributed by atoms with E-state index in [1.165, 1.54) is 11.8 Å². The molecule has 2 N–H and O–H groups in total. The van der Waals surface area contributed by atoms with Crippen LogP contribution < -0.4 is 5.73 Å². The summed E-state index contributed by atoms with van der Waals surface area (Å²) in [7, 11) is 1.29. The minimum absolute atomic E-state index is 0.0567. The first-order valence-electron chi connectivity index (χ1n) is 7.48. The van der Waals surface area contributed by atoms with Gasteiger partial charge in [0.1, 0.15) is 0 Å². The number of rotatable bonds is 4. The van der Waals surface area contributed by atoms with Crippen LogP contribution in [0.4, 0.5) is 5.82 Å². The third kappa shape index (κ3) is 3.08. The first-order valence-corrected chi connectivity index (χ1v) is 7.48. The molecule has 3 heterocycles. The molecule has 1 fully saturated rings. The van der Waals surface area contributed by atoms with E-state index in [0.29, 0.717) is 25.3 Å². The SMILES string of the molecule is COC(=O)c1nnn(-c2nonc2N)c1CN1C[C@@H](C)O[C@@H](C)C1. The Morgan fingerprint density at radius 1 is 1.33 bits per heavy atom. The van der Waals surface area contributed by atoms with Crippen LogP contribution in [-0.4, -0.2) is 68.6 Å². The van der Waals surface area contributed by atoms with E-state index in [9.17, 15) is 4.79 Å². The van der Waals surface area contributed by atoms with Crippen molar-refractivity contribution < 1.29 is 18.9 Å². The molecule has 0 aliphatic carbocycles. The summed E-state index contributed by atoms with van der Waals surface area (Å²) in [6, 6.07) is 0. The lowest BCUT2D eigenvalue weighted by Gasteiger charge is -2.35. The number of carbonyl (C=O) groups excluding carboxylic acids is 1. The number of nitrogens with two attached hydrogens (primary N) is 1. The number of esters is 1. The van der Waals surface area contributed by atoms with Crippen LogP contribution in [0.5, 0.6) is 0 Å². The van der Waals surface area contributed by atoms with Crippen molar-refractivity contribution in [2.75, 3.05) is 25.9 Å². The number of methoxy groups -OCH3 is 1. The van der Waals surface area contributed by atoms with Crippen LogP contribution in [0.1, 0.15) is 30.0 Å². The molecule has 0 bridgehead atoms. The smallest absolute Gasteiger partial charge is 0.360 e. The number of ether oxygens (including phenoxy) is 2. The minimum Gasteiger partial charge on any atom is -0.464 e. The van der Waals surface area contributed by atoms with Gasteiger partial charge in [0.25, 0.3) is 0 Å². The largest absolute Gasteiger partial charge is 0.464 e. The second-order valence-corrected chi connectivity index (χ2v) is 5.71. The first-order chi connectivity index (χ1) is 11.5. The molecule has 1 aliphatic rings. The molecule has 130 valence electrons. The number of nitrogen functional groups attached to an aromatic ring is 1. The molecule has 0 radical (unpaired) electrons. The van der Waals surface area contributed by atoms with Gasteiger partial charge in [0.15, 0.2) is 5.69 Å². The fourth-order valence-corrected chi connectivity index (χ4v) is 2.83. The molecule has 2 atom stereocenters. The van der Waals surface area contributed by atoms with Crippen molar-refractivity contribution in [3.63, 3.8) is 0 Å². The fraction of sp³-hybridized carbons (Fsp3) is 0.615. The maximum absolute atomic E-state index is 12.0. The monoisotopic (exact) mass is 337 g/mol. The Labute approximate surface area is 137 Å².